The zero-order valence-electron chi connectivity index (χ0n) is 9.19. The fourth-order valence-corrected chi connectivity index (χ4v) is 1.56. The summed E-state index contributed by atoms with van der Waals surface area (Å²) in [6, 6.07) is 0. The number of fused-ring (bicyclic) bond motifs is 1. The van der Waals surface area contributed by atoms with Gasteiger partial charge in [0.15, 0.2) is 5.65 Å². The minimum Gasteiger partial charge on any atom is -0.368 e. The Balaban J connectivity index is 2.25. The summed E-state index contributed by atoms with van der Waals surface area (Å²) in [7, 11) is 0. The molecule has 0 radical (unpaired) electrons. The number of aromatic amines is 1. The van der Waals surface area contributed by atoms with Crippen molar-refractivity contribution in [2.24, 2.45) is 0 Å². The molecular formula is C9H14N6S. The molecule has 0 aromatic carbocycles. The summed E-state index contributed by atoms with van der Waals surface area (Å²) in [5, 5.41) is 11.3. The van der Waals surface area contributed by atoms with Crippen LogP contribution >= 0.6 is 11.8 Å². The first-order chi connectivity index (χ1) is 7.70. The van der Waals surface area contributed by atoms with E-state index in [2.05, 4.69) is 38.7 Å². The van der Waals surface area contributed by atoms with Gasteiger partial charge in [0, 0.05) is 11.8 Å². The second-order valence-corrected chi connectivity index (χ2v) is 4.77. The molecule has 0 fully saturated rings. The number of anilines is 2. The molecule has 0 saturated carbocycles. The van der Waals surface area contributed by atoms with Crippen molar-refractivity contribution >= 4 is 34.6 Å². The highest BCUT2D eigenvalue weighted by Gasteiger charge is 2.08. The third kappa shape index (κ3) is 2.19. The van der Waals surface area contributed by atoms with Gasteiger partial charge in [-0.1, -0.05) is 6.92 Å². The molecule has 0 bridgehead atoms. The lowest BCUT2D eigenvalue weighted by molar-refractivity contribution is 0.993. The average molecular weight is 238 g/mol. The fourth-order valence-electron chi connectivity index (χ4n) is 1.31. The van der Waals surface area contributed by atoms with Crippen LogP contribution in [-0.4, -0.2) is 38.2 Å². The van der Waals surface area contributed by atoms with Gasteiger partial charge in [-0.3, -0.25) is 5.10 Å². The molecule has 4 N–H and O–H groups in total. The molecule has 1 unspecified atom stereocenters. The van der Waals surface area contributed by atoms with Gasteiger partial charge in [-0.05, 0) is 6.26 Å². The molecule has 2 aromatic heterocycles. The smallest absolute Gasteiger partial charge is 0.224 e. The van der Waals surface area contributed by atoms with E-state index in [1.165, 1.54) is 0 Å². The van der Waals surface area contributed by atoms with Crippen LogP contribution in [0.4, 0.5) is 11.8 Å². The van der Waals surface area contributed by atoms with Crippen LogP contribution in [0.3, 0.4) is 0 Å². The number of aromatic nitrogens is 4. The summed E-state index contributed by atoms with van der Waals surface area (Å²) in [6.07, 6.45) is 3.77. The molecule has 2 rings (SSSR count). The van der Waals surface area contributed by atoms with Crippen LogP contribution in [0.25, 0.3) is 11.0 Å². The van der Waals surface area contributed by atoms with E-state index in [0.29, 0.717) is 10.9 Å². The van der Waals surface area contributed by atoms with Gasteiger partial charge in [0.05, 0.1) is 11.6 Å². The predicted octanol–water partition coefficient (Wildman–Crippen LogP) is 1.10. The lowest BCUT2D eigenvalue weighted by atomic mass is 10.3. The number of hydrogen-bond acceptors (Lipinski definition) is 6. The first-order valence-electron chi connectivity index (χ1n) is 4.94. The van der Waals surface area contributed by atoms with Gasteiger partial charge in [-0.2, -0.15) is 26.8 Å². The predicted molar refractivity (Wildman–Crippen MR) is 67.6 cm³/mol. The minimum atomic E-state index is 0.246. The SMILES string of the molecule is CSC(C)CNc1nc(N)nc2[nH]ncc12. The minimum absolute atomic E-state index is 0.246. The highest BCUT2D eigenvalue weighted by Crippen LogP contribution is 2.19. The normalized spacial score (nSPS) is 12.9. The van der Waals surface area contributed by atoms with Crippen LogP contribution in [0.2, 0.25) is 0 Å². The standard InChI is InChI=1S/C9H14N6S/c1-5(16-2)3-11-7-6-4-12-15-8(6)14-9(10)13-7/h4-5H,3H2,1-2H3,(H4,10,11,12,13,14,15). The maximum absolute atomic E-state index is 5.61. The van der Waals surface area contributed by atoms with Gasteiger partial charge in [-0.25, -0.2) is 0 Å². The molecule has 86 valence electrons. The van der Waals surface area contributed by atoms with Crippen molar-refractivity contribution in [3.8, 4) is 0 Å². The number of nitrogen functional groups attached to an aromatic ring is 1. The molecule has 0 spiro atoms. The number of nitrogens with zero attached hydrogens (tertiary/aromatic N) is 3. The van der Waals surface area contributed by atoms with Gasteiger partial charge in [0.1, 0.15) is 5.82 Å². The van der Waals surface area contributed by atoms with E-state index in [-0.39, 0.29) is 5.95 Å². The number of H-pyrrole nitrogens is 1. The Kier molecular flexibility index (Phi) is 3.14. The van der Waals surface area contributed by atoms with E-state index in [4.69, 9.17) is 5.73 Å². The highest BCUT2D eigenvalue weighted by molar-refractivity contribution is 7.99. The first-order valence-corrected chi connectivity index (χ1v) is 6.22. The number of nitrogens with one attached hydrogen (secondary N) is 2. The van der Waals surface area contributed by atoms with Gasteiger partial charge in [0.25, 0.3) is 0 Å². The van der Waals surface area contributed by atoms with Crippen molar-refractivity contribution in [2.45, 2.75) is 12.2 Å². The third-order valence-electron chi connectivity index (χ3n) is 2.29. The van der Waals surface area contributed by atoms with Gasteiger partial charge < -0.3 is 11.1 Å². The molecule has 0 aliphatic rings. The van der Waals surface area contributed by atoms with Crippen LogP contribution in [-0.2, 0) is 0 Å². The van der Waals surface area contributed by atoms with Crippen molar-refractivity contribution in [1.82, 2.24) is 20.2 Å². The number of hydrogen-bond donors (Lipinski definition) is 3. The van der Waals surface area contributed by atoms with Crippen molar-refractivity contribution in [3.63, 3.8) is 0 Å². The molecule has 7 heteroatoms. The number of nitrogens with two attached hydrogens (primary N) is 1. The third-order valence-corrected chi connectivity index (χ3v) is 3.26. The topological polar surface area (TPSA) is 92.5 Å². The molecular weight excluding hydrogens is 224 g/mol. The molecule has 1 atom stereocenters. The van der Waals surface area contributed by atoms with E-state index in [9.17, 15) is 0 Å². The zero-order chi connectivity index (χ0) is 11.5. The van der Waals surface area contributed by atoms with Crippen LogP contribution in [0.1, 0.15) is 6.92 Å². The number of thioether (sulfide) groups is 1. The van der Waals surface area contributed by atoms with Gasteiger partial charge in [-0.15, -0.1) is 0 Å². The summed E-state index contributed by atoms with van der Waals surface area (Å²) in [4.78, 5) is 8.21. The fraction of sp³-hybridized carbons (Fsp3) is 0.444. The average Bonchev–Trinajstić information content (AvgIpc) is 2.73. The Bertz CT molecular complexity index is 482. The summed E-state index contributed by atoms with van der Waals surface area (Å²) < 4.78 is 0. The van der Waals surface area contributed by atoms with E-state index < -0.39 is 0 Å². The maximum atomic E-state index is 5.61. The number of rotatable bonds is 4. The summed E-state index contributed by atoms with van der Waals surface area (Å²) in [6.45, 7) is 2.98. The highest BCUT2D eigenvalue weighted by atomic mass is 32.2. The van der Waals surface area contributed by atoms with Crippen molar-refractivity contribution in [1.29, 1.82) is 0 Å². The molecule has 0 aliphatic carbocycles. The molecule has 2 aromatic rings. The molecule has 2 heterocycles. The second-order valence-electron chi connectivity index (χ2n) is 3.49. The maximum Gasteiger partial charge on any atom is 0.224 e. The molecule has 0 saturated heterocycles. The Labute approximate surface area is 97.4 Å². The van der Waals surface area contributed by atoms with Crippen LogP contribution in [0.5, 0.6) is 0 Å². The van der Waals surface area contributed by atoms with E-state index in [1.807, 2.05) is 0 Å². The van der Waals surface area contributed by atoms with Crippen molar-refractivity contribution in [3.05, 3.63) is 6.20 Å². The largest absolute Gasteiger partial charge is 0.368 e. The van der Waals surface area contributed by atoms with Crippen LogP contribution < -0.4 is 11.1 Å². The summed E-state index contributed by atoms with van der Waals surface area (Å²) >= 11 is 1.80. The van der Waals surface area contributed by atoms with E-state index >= 15 is 0 Å². The molecule has 16 heavy (non-hydrogen) atoms. The first kappa shape index (κ1) is 11.0. The lowest BCUT2D eigenvalue weighted by Gasteiger charge is -2.10. The van der Waals surface area contributed by atoms with Gasteiger partial charge >= 0.3 is 0 Å². The Morgan fingerprint density at radius 1 is 1.56 bits per heavy atom. The molecule has 0 amide bonds. The Hall–Kier alpha value is -1.50. The van der Waals surface area contributed by atoms with Crippen molar-refractivity contribution < 1.29 is 0 Å². The van der Waals surface area contributed by atoms with Crippen LogP contribution in [0, 0.1) is 0 Å². The quantitative estimate of drug-likeness (QED) is 0.738. The van der Waals surface area contributed by atoms with Crippen LogP contribution in [0.15, 0.2) is 6.20 Å². The molecule has 6 nitrogen and oxygen atoms in total. The monoisotopic (exact) mass is 238 g/mol. The second kappa shape index (κ2) is 4.56. The van der Waals surface area contributed by atoms with E-state index in [1.54, 1.807) is 18.0 Å². The Morgan fingerprint density at radius 3 is 3.12 bits per heavy atom. The molecule has 0 aliphatic heterocycles. The van der Waals surface area contributed by atoms with Crippen molar-refractivity contribution in [2.75, 3.05) is 23.9 Å². The lowest BCUT2D eigenvalue weighted by Crippen LogP contribution is -2.14. The summed E-state index contributed by atoms with van der Waals surface area (Å²) in [5.41, 5.74) is 6.27. The summed E-state index contributed by atoms with van der Waals surface area (Å²) in [5.74, 6) is 0.980. The Morgan fingerprint density at radius 2 is 2.38 bits per heavy atom. The van der Waals surface area contributed by atoms with Gasteiger partial charge in [0.2, 0.25) is 5.95 Å². The van der Waals surface area contributed by atoms with E-state index in [0.717, 1.165) is 17.7 Å². The zero-order valence-corrected chi connectivity index (χ0v) is 10.0.